The predicted molar refractivity (Wildman–Crippen MR) is 124 cm³/mol. The van der Waals surface area contributed by atoms with E-state index in [2.05, 4.69) is 10.3 Å². The van der Waals surface area contributed by atoms with E-state index in [4.69, 9.17) is 14.2 Å². The number of carbonyl (C=O) groups excluding carboxylic acids is 2. The van der Waals surface area contributed by atoms with E-state index < -0.39 is 12.0 Å². The van der Waals surface area contributed by atoms with Gasteiger partial charge in [-0.25, -0.2) is 9.79 Å². The molecule has 1 atom stereocenters. The molecule has 9 heteroatoms. The Morgan fingerprint density at radius 2 is 2.00 bits per heavy atom. The number of rotatable bonds is 8. The lowest BCUT2D eigenvalue weighted by atomic mass is 9.92. The fourth-order valence-corrected chi connectivity index (χ4v) is 4.76. The summed E-state index contributed by atoms with van der Waals surface area (Å²) in [5, 5.41) is 5.51. The highest BCUT2D eigenvalue weighted by Gasteiger charge is 2.42. The van der Waals surface area contributed by atoms with Gasteiger partial charge in [0.15, 0.2) is 16.7 Å². The first-order valence-electron chi connectivity index (χ1n) is 10.4. The average molecular weight is 460 g/mol. The molecule has 8 nitrogen and oxygen atoms in total. The van der Waals surface area contributed by atoms with Crippen LogP contribution in [0.4, 0.5) is 0 Å². The molecule has 1 N–H and O–H groups in total. The highest BCUT2D eigenvalue weighted by Crippen LogP contribution is 2.48. The molecule has 0 spiro atoms. The molecule has 2 aliphatic rings. The molecule has 0 fully saturated rings. The topological polar surface area (TPSA) is 89.5 Å². The minimum Gasteiger partial charge on any atom is -0.493 e. The molecule has 1 unspecified atom stereocenters. The number of aliphatic imine (C=N–C) groups is 1. The van der Waals surface area contributed by atoms with E-state index in [-0.39, 0.29) is 25.0 Å². The number of hydrogen-bond donors (Lipinski definition) is 1. The fourth-order valence-electron chi connectivity index (χ4n) is 3.80. The zero-order valence-electron chi connectivity index (χ0n) is 19.2. The van der Waals surface area contributed by atoms with Crippen LogP contribution in [0.15, 0.2) is 45.6 Å². The maximum Gasteiger partial charge on any atom is 0.338 e. The lowest BCUT2D eigenvalue weighted by Gasteiger charge is -2.37. The zero-order valence-corrected chi connectivity index (χ0v) is 20.0. The SMILES string of the molecule is CCOC(=O)C1=C(C)N=C2SC=C(CC(=O)NC(C)C)N2C1c1cccc(OC)c1OC. The molecule has 1 aromatic carbocycles. The second kappa shape index (κ2) is 10.1. The summed E-state index contributed by atoms with van der Waals surface area (Å²) in [7, 11) is 3.13. The van der Waals surface area contributed by atoms with Gasteiger partial charge in [-0.05, 0) is 39.2 Å². The monoisotopic (exact) mass is 459 g/mol. The smallest absolute Gasteiger partial charge is 0.338 e. The summed E-state index contributed by atoms with van der Waals surface area (Å²) >= 11 is 1.42. The van der Waals surface area contributed by atoms with Crippen LogP contribution in [0.3, 0.4) is 0 Å². The number of ether oxygens (including phenoxy) is 3. The minimum absolute atomic E-state index is 0.0261. The van der Waals surface area contributed by atoms with Crippen LogP contribution in [0.25, 0.3) is 0 Å². The van der Waals surface area contributed by atoms with Crippen LogP contribution in [0.2, 0.25) is 0 Å². The summed E-state index contributed by atoms with van der Waals surface area (Å²) in [6, 6.07) is 4.97. The number of hydrogen-bond acceptors (Lipinski definition) is 8. The average Bonchev–Trinajstić information content (AvgIpc) is 3.13. The Bertz CT molecular complexity index is 999. The molecule has 172 valence electrons. The number of para-hydroxylation sites is 1. The van der Waals surface area contributed by atoms with Crippen molar-refractivity contribution in [2.45, 2.75) is 46.2 Å². The number of thioether (sulfide) groups is 1. The van der Waals surface area contributed by atoms with Crippen molar-refractivity contribution in [3.63, 3.8) is 0 Å². The van der Waals surface area contributed by atoms with Crippen molar-refractivity contribution in [3.8, 4) is 11.5 Å². The van der Waals surface area contributed by atoms with E-state index in [1.807, 2.05) is 36.3 Å². The van der Waals surface area contributed by atoms with Gasteiger partial charge in [-0.15, -0.1) is 0 Å². The third kappa shape index (κ3) is 4.62. The molecule has 0 saturated carbocycles. The quantitative estimate of drug-likeness (QED) is 0.592. The fraction of sp³-hybridized carbons (Fsp3) is 0.435. The maximum atomic E-state index is 13.1. The van der Waals surface area contributed by atoms with Gasteiger partial charge in [0.05, 0.1) is 44.6 Å². The first kappa shape index (κ1) is 23.7. The van der Waals surface area contributed by atoms with Crippen molar-refractivity contribution in [1.29, 1.82) is 0 Å². The van der Waals surface area contributed by atoms with Crippen LogP contribution in [-0.2, 0) is 14.3 Å². The lowest BCUT2D eigenvalue weighted by molar-refractivity contribution is -0.139. The Hall–Kier alpha value is -2.94. The Kier molecular flexibility index (Phi) is 7.50. The van der Waals surface area contributed by atoms with Gasteiger partial charge in [0.2, 0.25) is 5.91 Å². The Balaban J connectivity index is 2.14. The molecular weight excluding hydrogens is 430 g/mol. The highest BCUT2D eigenvalue weighted by molar-refractivity contribution is 8.16. The number of nitrogens with one attached hydrogen (secondary N) is 1. The first-order valence-corrected chi connectivity index (χ1v) is 11.3. The summed E-state index contributed by atoms with van der Waals surface area (Å²) in [5.41, 5.74) is 2.44. The lowest BCUT2D eigenvalue weighted by Crippen LogP contribution is -2.39. The zero-order chi connectivity index (χ0) is 23.4. The number of amides is 1. The van der Waals surface area contributed by atoms with Crippen molar-refractivity contribution in [2.75, 3.05) is 20.8 Å². The standard InChI is InChI=1S/C23H29N3O5S/c1-7-31-22(28)19-14(4)25-23-26(15(12-32-23)11-18(27)24-13(2)3)20(19)16-9-8-10-17(29-5)21(16)30-6/h8-10,12-13,20H,7,11H2,1-6H3,(H,24,27). The second-order valence-corrected chi connectivity index (χ2v) is 8.43. The first-order chi connectivity index (χ1) is 15.3. The van der Waals surface area contributed by atoms with E-state index in [0.29, 0.717) is 27.9 Å². The number of benzene rings is 1. The number of fused-ring (bicyclic) bond motifs is 1. The van der Waals surface area contributed by atoms with Crippen molar-refractivity contribution in [1.82, 2.24) is 10.2 Å². The normalized spacial score (nSPS) is 17.6. The van der Waals surface area contributed by atoms with Gasteiger partial charge in [0.1, 0.15) is 0 Å². The second-order valence-electron chi connectivity index (χ2n) is 7.60. The van der Waals surface area contributed by atoms with Crippen LogP contribution in [0.1, 0.15) is 45.7 Å². The maximum absolute atomic E-state index is 13.1. The summed E-state index contributed by atoms with van der Waals surface area (Å²) in [4.78, 5) is 32.2. The predicted octanol–water partition coefficient (Wildman–Crippen LogP) is 3.76. The Morgan fingerprint density at radius 1 is 1.25 bits per heavy atom. The van der Waals surface area contributed by atoms with Gasteiger partial charge >= 0.3 is 5.97 Å². The molecule has 2 aliphatic heterocycles. The van der Waals surface area contributed by atoms with E-state index >= 15 is 0 Å². The third-order valence-corrected chi connectivity index (χ3v) is 5.90. The number of amidine groups is 1. The largest absolute Gasteiger partial charge is 0.493 e. The molecule has 0 bridgehead atoms. The highest BCUT2D eigenvalue weighted by atomic mass is 32.2. The van der Waals surface area contributed by atoms with Gasteiger partial charge in [-0.1, -0.05) is 23.9 Å². The van der Waals surface area contributed by atoms with Crippen LogP contribution in [0, 0.1) is 0 Å². The van der Waals surface area contributed by atoms with Gasteiger partial charge < -0.3 is 24.4 Å². The molecule has 2 heterocycles. The van der Waals surface area contributed by atoms with E-state index in [1.54, 1.807) is 34.1 Å². The minimum atomic E-state index is -0.584. The number of methoxy groups -OCH3 is 2. The van der Waals surface area contributed by atoms with Gasteiger partial charge in [0, 0.05) is 17.3 Å². The van der Waals surface area contributed by atoms with E-state index in [9.17, 15) is 9.59 Å². The third-order valence-electron chi connectivity index (χ3n) is 5.02. The molecule has 3 rings (SSSR count). The van der Waals surface area contributed by atoms with Crippen molar-refractivity contribution in [3.05, 3.63) is 46.1 Å². The summed E-state index contributed by atoms with van der Waals surface area (Å²) < 4.78 is 16.6. The van der Waals surface area contributed by atoms with Crippen LogP contribution >= 0.6 is 11.8 Å². The molecule has 1 amide bonds. The van der Waals surface area contributed by atoms with Crippen LogP contribution in [-0.4, -0.2) is 48.8 Å². The molecule has 0 radical (unpaired) electrons. The summed E-state index contributed by atoms with van der Waals surface area (Å²) in [5.74, 6) is 0.502. The van der Waals surface area contributed by atoms with Crippen LogP contribution in [0.5, 0.6) is 11.5 Å². The molecule has 32 heavy (non-hydrogen) atoms. The molecule has 0 aromatic heterocycles. The van der Waals surface area contributed by atoms with Crippen LogP contribution < -0.4 is 14.8 Å². The molecule has 0 saturated heterocycles. The molecule has 1 aromatic rings. The Labute approximate surface area is 192 Å². The van der Waals surface area contributed by atoms with Gasteiger partial charge in [-0.3, -0.25) is 4.79 Å². The van der Waals surface area contributed by atoms with Crippen molar-refractivity contribution < 1.29 is 23.8 Å². The van der Waals surface area contributed by atoms with Gasteiger partial charge in [0.25, 0.3) is 0 Å². The van der Waals surface area contributed by atoms with Crippen molar-refractivity contribution in [2.24, 2.45) is 4.99 Å². The van der Waals surface area contributed by atoms with E-state index in [0.717, 1.165) is 11.3 Å². The van der Waals surface area contributed by atoms with E-state index in [1.165, 1.54) is 11.8 Å². The number of allylic oxidation sites excluding steroid dienone is 1. The summed E-state index contributed by atoms with van der Waals surface area (Å²) in [6.45, 7) is 7.62. The Morgan fingerprint density at radius 3 is 2.62 bits per heavy atom. The molecule has 0 aliphatic carbocycles. The number of carbonyl (C=O) groups is 2. The number of nitrogens with zero attached hydrogens (tertiary/aromatic N) is 2. The summed E-state index contributed by atoms with van der Waals surface area (Å²) in [6.07, 6.45) is 0.155. The molecular formula is C23H29N3O5S. The number of esters is 1. The van der Waals surface area contributed by atoms with Crippen molar-refractivity contribution >= 4 is 28.8 Å². The van der Waals surface area contributed by atoms with Gasteiger partial charge in [-0.2, -0.15) is 0 Å².